The summed E-state index contributed by atoms with van der Waals surface area (Å²) in [6, 6.07) is 2.20. The van der Waals surface area contributed by atoms with Crippen molar-refractivity contribution < 1.29 is 19.2 Å². The van der Waals surface area contributed by atoms with Crippen molar-refractivity contribution in [1.29, 1.82) is 0 Å². The van der Waals surface area contributed by atoms with Gasteiger partial charge in [0.25, 0.3) is 5.69 Å². The van der Waals surface area contributed by atoms with Crippen LogP contribution in [-0.4, -0.2) is 42.9 Å². The largest absolute Gasteiger partial charge is 0.493 e. The highest BCUT2D eigenvalue weighted by atomic mass is 35.5. The zero-order valence-corrected chi connectivity index (χ0v) is 12.6. The van der Waals surface area contributed by atoms with Crippen LogP contribution in [0.2, 0.25) is 0 Å². The first-order chi connectivity index (χ1) is 9.90. The minimum Gasteiger partial charge on any atom is -0.493 e. The summed E-state index contributed by atoms with van der Waals surface area (Å²) in [4.78, 5) is 24.2. The van der Waals surface area contributed by atoms with Gasteiger partial charge in [0.2, 0.25) is 0 Å². The van der Waals surface area contributed by atoms with Gasteiger partial charge in [0.05, 0.1) is 18.1 Å². The van der Waals surface area contributed by atoms with Crippen molar-refractivity contribution in [3.63, 3.8) is 0 Å². The maximum atomic E-state index is 12.1. The standard InChI is InChI=1S/C13H15ClN2O5/c1-15(2)5-4-11(17)9-6-12(20-3)13(21-8-14)7-10(9)16(18)19/h4-7H,8H2,1-3H3/b5-4+. The lowest BCUT2D eigenvalue weighted by molar-refractivity contribution is -0.385. The summed E-state index contributed by atoms with van der Waals surface area (Å²) in [5.74, 6) is -0.207. The van der Waals surface area contributed by atoms with Crippen molar-refractivity contribution in [2.45, 2.75) is 0 Å². The summed E-state index contributed by atoms with van der Waals surface area (Å²) < 4.78 is 10.1. The number of nitrogens with zero attached hydrogens (tertiary/aromatic N) is 2. The maximum Gasteiger partial charge on any atom is 0.284 e. The fourth-order valence-corrected chi connectivity index (χ4v) is 1.65. The lowest BCUT2D eigenvalue weighted by atomic mass is 10.1. The number of carbonyl (C=O) groups is 1. The number of allylic oxidation sites excluding steroid dienone is 1. The zero-order valence-electron chi connectivity index (χ0n) is 11.8. The van der Waals surface area contributed by atoms with Crippen LogP contribution in [0, 0.1) is 10.1 Å². The van der Waals surface area contributed by atoms with Gasteiger partial charge in [0.15, 0.2) is 23.3 Å². The molecule has 1 aromatic carbocycles. The Kier molecular flexibility index (Phi) is 5.98. The number of nitro groups is 1. The Morgan fingerprint density at radius 3 is 2.57 bits per heavy atom. The topological polar surface area (TPSA) is 81.9 Å². The molecule has 0 fully saturated rings. The van der Waals surface area contributed by atoms with Gasteiger partial charge in [-0.1, -0.05) is 11.6 Å². The third kappa shape index (κ3) is 4.35. The van der Waals surface area contributed by atoms with Crippen molar-refractivity contribution in [2.75, 3.05) is 27.3 Å². The molecular formula is C13H15ClN2O5. The zero-order chi connectivity index (χ0) is 16.0. The van der Waals surface area contributed by atoms with Crippen molar-refractivity contribution in [2.24, 2.45) is 0 Å². The third-order valence-electron chi connectivity index (χ3n) is 2.48. The molecule has 0 amide bonds. The number of methoxy groups -OCH3 is 1. The number of carbonyl (C=O) groups excluding carboxylic acids is 1. The Hall–Kier alpha value is -2.28. The molecule has 7 nitrogen and oxygen atoms in total. The van der Waals surface area contributed by atoms with E-state index in [1.807, 2.05) is 0 Å². The number of hydrogen-bond donors (Lipinski definition) is 0. The molecule has 1 aromatic rings. The van der Waals surface area contributed by atoms with E-state index in [1.54, 1.807) is 19.0 Å². The molecule has 0 saturated heterocycles. The van der Waals surface area contributed by atoms with Gasteiger partial charge in [-0.25, -0.2) is 0 Å². The van der Waals surface area contributed by atoms with Gasteiger partial charge < -0.3 is 14.4 Å². The molecule has 0 aliphatic heterocycles. The van der Waals surface area contributed by atoms with Crippen LogP contribution in [0.3, 0.4) is 0 Å². The first-order valence-electron chi connectivity index (χ1n) is 5.84. The van der Waals surface area contributed by atoms with Crippen molar-refractivity contribution in [1.82, 2.24) is 4.90 Å². The molecular weight excluding hydrogens is 300 g/mol. The summed E-state index contributed by atoms with van der Waals surface area (Å²) in [6.07, 6.45) is 2.74. The lowest BCUT2D eigenvalue weighted by Gasteiger charge is -2.10. The average Bonchev–Trinajstić information content (AvgIpc) is 2.44. The molecule has 0 N–H and O–H groups in total. The first-order valence-corrected chi connectivity index (χ1v) is 6.38. The molecule has 0 bridgehead atoms. The summed E-state index contributed by atoms with van der Waals surface area (Å²) in [5, 5.41) is 11.1. The van der Waals surface area contributed by atoms with Crippen LogP contribution in [0.25, 0.3) is 0 Å². The number of rotatable bonds is 7. The van der Waals surface area contributed by atoms with Crippen LogP contribution in [0.15, 0.2) is 24.4 Å². The van der Waals surface area contributed by atoms with E-state index in [0.29, 0.717) is 0 Å². The van der Waals surface area contributed by atoms with E-state index in [9.17, 15) is 14.9 Å². The number of ether oxygens (including phenoxy) is 2. The van der Waals surface area contributed by atoms with Crippen molar-refractivity contribution in [3.8, 4) is 11.5 Å². The summed E-state index contributed by atoms with van der Waals surface area (Å²) in [7, 11) is 4.83. The minimum atomic E-state index is -0.655. The minimum absolute atomic E-state index is 0.0862. The van der Waals surface area contributed by atoms with Crippen LogP contribution < -0.4 is 9.47 Å². The van der Waals surface area contributed by atoms with Gasteiger partial charge in [-0.2, -0.15) is 0 Å². The summed E-state index contributed by atoms with van der Waals surface area (Å²) >= 11 is 5.45. The van der Waals surface area contributed by atoms with Crippen molar-refractivity contribution in [3.05, 3.63) is 40.1 Å². The normalized spacial score (nSPS) is 10.5. The molecule has 0 heterocycles. The molecule has 0 unspecified atom stereocenters. The van der Waals surface area contributed by atoms with E-state index in [-0.39, 0.29) is 28.8 Å². The smallest absolute Gasteiger partial charge is 0.284 e. The Labute approximate surface area is 126 Å². The van der Waals surface area contributed by atoms with Crippen LogP contribution in [0.4, 0.5) is 5.69 Å². The van der Waals surface area contributed by atoms with Gasteiger partial charge in [-0.15, -0.1) is 0 Å². The SMILES string of the molecule is COc1cc(C(=O)/C=C/N(C)C)c([N+](=O)[O-])cc1OCCl. The van der Waals surface area contributed by atoms with Gasteiger partial charge in [0, 0.05) is 32.4 Å². The van der Waals surface area contributed by atoms with E-state index >= 15 is 0 Å². The van der Waals surface area contributed by atoms with Gasteiger partial charge in [-0.3, -0.25) is 14.9 Å². The Balaban J connectivity index is 3.35. The van der Waals surface area contributed by atoms with Crippen molar-refractivity contribution >= 4 is 23.1 Å². The molecule has 8 heteroatoms. The van der Waals surface area contributed by atoms with E-state index in [4.69, 9.17) is 21.1 Å². The average molecular weight is 315 g/mol. The van der Waals surface area contributed by atoms with E-state index in [0.717, 1.165) is 6.07 Å². The van der Waals surface area contributed by atoms with Gasteiger partial charge >= 0.3 is 0 Å². The van der Waals surface area contributed by atoms with Crippen LogP contribution in [-0.2, 0) is 0 Å². The monoisotopic (exact) mass is 314 g/mol. The number of nitro benzene ring substituents is 1. The molecule has 21 heavy (non-hydrogen) atoms. The fraction of sp³-hybridized carbons (Fsp3) is 0.308. The molecule has 0 aromatic heterocycles. The molecule has 0 spiro atoms. The van der Waals surface area contributed by atoms with Gasteiger partial charge in [0.1, 0.15) is 5.56 Å². The lowest BCUT2D eigenvalue weighted by Crippen LogP contribution is -2.06. The highest BCUT2D eigenvalue weighted by Crippen LogP contribution is 2.35. The highest BCUT2D eigenvalue weighted by Gasteiger charge is 2.23. The second kappa shape index (κ2) is 7.49. The Morgan fingerprint density at radius 1 is 1.43 bits per heavy atom. The second-order valence-electron chi connectivity index (χ2n) is 4.17. The molecule has 0 aliphatic rings. The highest BCUT2D eigenvalue weighted by molar-refractivity contribution is 6.17. The quantitative estimate of drug-likeness (QED) is 0.253. The predicted octanol–water partition coefficient (Wildman–Crippen LogP) is 2.44. The van der Waals surface area contributed by atoms with Crippen LogP contribution in [0.1, 0.15) is 10.4 Å². The number of hydrogen-bond acceptors (Lipinski definition) is 6. The van der Waals surface area contributed by atoms with E-state index in [2.05, 4.69) is 0 Å². The predicted molar refractivity (Wildman–Crippen MR) is 78.2 cm³/mol. The number of alkyl halides is 1. The van der Waals surface area contributed by atoms with Crippen LogP contribution >= 0.6 is 11.6 Å². The Bertz CT molecular complexity index is 572. The Morgan fingerprint density at radius 2 is 2.10 bits per heavy atom. The van der Waals surface area contributed by atoms with E-state index in [1.165, 1.54) is 25.5 Å². The number of ketones is 1. The molecule has 0 saturated carbocycles. The maximum absolute atomic E-state index is 12.1. The van der Waals surface area contributed by atoms with Crippen LogP contribution in [0.5, 0.6) is 11.5 Å². The number of benzene rings is 1. The number of halogens is 1. The second-order valence-corrected chi connectivity index (χ2v) is 4.39. The summed E-state index contributed by atoms with van der Waals surface area (Å²) in [5.41, 5.74) is -0.457. The molecule has 1 rings (SSSR count). The molecule has 0 atom stereocenters. The molecule has 0 aliphatic carbocycles. The third-order valence-corrected chi connectivity index (χ3v) is 2.59. The molecule has 114 valence electrons. The molecule has 0 radical (unpaired) electrons. The van der Waals surface area contributed by atoms with Gasteiger partial charge in [-0.05, 0) is 0 Å². The first kappa shape index (κ1) is 16.8. The fourth-order valence-electron chi connectivity index (χ4n) is 1.54. The summed E-state index contributed by atoms with van der Waals surface area (Å²) in [6.45, 7) is 0. The van der Waals surface area contributed by atoms with E-state index < -0.39 is 10.7 Å².